The van der Waals surface area contributed by atoms with Gasteiger partial charge in [0.1, 0.15) is 5.82 Å². The third-order valence-corrected chi connectivity index (χ3v) is 3.57. The molecule has 5 nitrogen and oxygen atoms in total. The van der Waals surface area contributed by atoms with Crippen LogP contribution in [0.2, 0.25) is 0 Å². The Morgan fingerprint density at radius 2 is 1.83 bits per heavy atom. The molecule has 0 aliphatic carbocycles. The molecule has 0 atom stereocenters. The molecular formula is C12H9N3O2S. The highest BCUT2D eigenvalue weighted by Gasteiger charge is 2.14. The number of hydrogen-bond donors (Lipinski definition) is 1. The minimum atomic E-state index is -3.66. The van der Waals surface area contributed by atoms with Gasteiger partial charge in [-0.1, -0.05) is 6.07 Å². The fraction of sp³-hybridized carbons (Fsp3) is 0. The van der Waals surface area contributed by atoms with Gasteiger partial charge in [0.2, 0.25) is 0 Å². The smallest absolute Gasteiger partial charge is 0.263 e. The minimum absolute atomic E-state index is 0.0900. The van der Waals surface area contributed by atoms with Crippen LogP contribution in [0.25, 0.3) is 0 Å². The van der Waals surface area contributed by atoms with Gasteiger partial charge in [-0.25, -0.2) is 13.4 Å². The number of pyridine rings is 1. The van der Waals surface area contributed by atoms with Gasteiger partial charge in [0.25, 0.3) is 10.0 Å². The van der Waals surface area contributed by atoms with Crippen molar-refractivity contribution in [3.63, 3.8) is 0 Å². The number of anilines is 1. The van der Waals surface area contributed by atoms with Crippen LogP contribution in [0.5, 0.6) is 0 Å². The van der Waals surface area contributed by atoms with E-state index in [4.69, 9.17) is 5.26 Å². The van der Waals surface area contributed by atoms with Crippen molar-refractivity contribution in [1.29, 1.82) is 5.26 Å². The first-order valence-corrected chi connectivity index (χ1v) is 6.54. The Balaban J connectivity index is 2.29. The third-order valence-electron chi connectivity index (χ3n) is 2.20. The number of nitrogens with one attached hydrogen (secondary N) is 1. The van der Waals surface area contributed by atoms with Crippen molar-refractivity contribution in [2.75, 3.05) is 4.72 Å². The normalized spacial score (nSPS) is 10.6. The predicted octanol–water partition coefficient (Wildman–Crippen LogP) is 1.75. The van der Waals surface area contributed by atoms with E-state index in [0.717, 1.165) is 0 Å². The number of rotatable bonds is 3. The molecule has 0 bridgehead atoms. The first-order valence-electron chi connectivity index (χ1n) is 5.06. The zero-order valence-electron chi connectivity index (χ0n) is 9.24. The SMILES string of the molecule is N#Cc1ccc(S(=O)(=O)Nc2ccccn2)cc1. The summed E-state index contributed by atoms with van der Waals surface area (Å²) in [5.41, 5.74) is 0.409. The van der Waals surface area contributed by atoms with Gasteiger partial charge in [-0.3, -0.25) is 4.72 Å². The average Bonchev–Trinajstić information content (AvgIpc) is 2.39. The van der Waals surface area contributed by atoms with Crippen LogP contribution < -0.4 is 4.72 Å². The summed E-state index contributed by atoms with van der Waals surface area (Å²) < 4.78 is 26.3. The number of aromatic nitrogens is 1. The van der Waals surface area contributed by atoms with Crippen molar-refractivity contribution in [3.8, 4) is 6.07 Å². The van der Waals surface area contributed by atoms with Gasteiger partial charge in [-0.2, -0.15) is 5.26 Å². The van der Waals surface area contributed by atoms with Crippen molar-refractivity contribution >= 4 is 15.8 Å². The lowest BCUT2D eigenvalue weighted by Gasteiger charge is -2.06. The fourth-order valence-corrected chi connectivity index (χ4v) is 2.34. The Hall–Kier alpha value is -2.39. The van der Waals surface area contributed by atoms with Gasteiger partial charge in [-0.05, 0) is 36.4 Å². The fourth-order valence-electron chi connectivity index (χ4n) is 1.33. The second kappa shape index (κ2) is 4.85. The second-order valence-corrected chi connectivity index (χ2v) is 5.14. The molecule has 90 valence electrons. The molecule has 2 rings (SSSR count). The summed E-state index contributed by atoms with van der Waals surface area (Å²) in [4.78, 5) is 3.97. The first-order chi connectivity index (χ1) is 8.62. The summed E-state index contributed by atoms with van der Waals surface area (Å²) >= 11 is 0. The molecule has 6 heteroatoms. The Kier molecular flexibility index (Phi) is 3.26. The molecular weight excluding hydrogens is 250 g/mol. The number of hydrogen-bond acceptors (Lipinski definition) is 4. The highest BCUT2D eigenvalue weighted by atomic mass is 32.2. The lowest BCUT2D eigenvalue weighted by atomic mass is 10.2. The average molecular weight is 259 g/mol. The quantitative estimate of drug-likeness (QED) is 0.910. The van der Waals surface area contributed by atoms with Crippen molar-refractivity contribution in [2.45, 2.75) is 4.90 Å². The summed E-state index contributed by atoms with van der Waals surface area (Å²) in [6.07, 6.45) is 1.50. The Morgan fingerprint density at radius 3 is 2.39 bits per heavy atom. The second-order valence-electron chi connectivity index (χ2n) is 3.46. The van der Waals surface area contributed by atoms with Crippen LogP contribution in [0, 0.1) is 11.3 Å². The molecule has 0 fully saturated rings. The highest BCUT2D eigenvalue weighted by Crippen LogP contribution is 2.14. The summed E-state index contributed by atoms with van der Waals surface area (Å²) in [7, 11) is -3.66. The number of benzene rings is 1. The molecule has 0 aliphatic rings. The van der Waals surface area contributed by atoms with Crippen LogP contribution in [0.1, 0.15) is 5.56 Å². The maximum atomic E-state index is 12.0. The van der Waals surface area contributed by atoms with Crippen molar-refractivity contribution in [2.24, 2.45) is 0 Å². The summed E-state index contributed by atoms with van der Waals surface area (Å²) in [5, 5.41) is 8.64. The van der Waals surface area contributed by atoms with E-state index in [1.54, 1.807) is 18.2 Å². The molecule has 1 heterocycles. The maximum absolute atomic E-state index is 12.0. The molecule has 1 aromatic heterocycles. The molecule has 0 saturated heterocycles. The molecule has 18 heavy (non-hydrogen) atoms. The Morgan fingerprint density at radius 1 is 1.11 bits per heavy atom. The van der Waals surface area contributed by atoms with Crippen LogP contribution in [0.15, 0.2) is 53.6 Å². The van der Waals surface area contributed by atoms with Gasteiger partial charge in [0.05, 0.1) is 16.5 Å². The van der Waals surface area contributed by atoms with Gasteiger partial charge in [-0.15, -0.1) is 0 Å². The highest BCUT2D eigenvalue weighted by molar-refractivity contribution is 7.92. The summed E-state index contributed by atoms with van der Waals surface area (Å²) in [5.74, 6) is 0.252. The van der Waals surface area contributed by atoms with Gasteiger partial charge in [0.15, 0.2) is 0 Å². The molecule has 0 aliphatic heterocycles. The summed E-state index contributed by atoms with van der Waals surface area (Å²) in [6, 6.07) is 12.5. The van der Waals surface area contributed by atoms with E-state index in [2.05, 4.69) is 9.71 Å². The Bertz CT molecular complexity index is 674. The van der Waals surface area contributed by atoms with E-state index < -0.39 is 10.0 Å². The van der Waals surface area contributed by atoms with Crippen LogP contribution in [0.4, 0.5) is 5.82 Å². The van der Waals surface area contributed by atoms with Crippen molar-refractivity contribution < 1.29 is 8.42 Å². The van der Waals surface area contributed by atoms with E-state index in [-0.39, 0.29) is 10.7 Å². The number of nitrogens with zero attached hydrogens (tertiary/aromatic N) is 2. The van der Waals surface area contributed by atoms with Crippen LogP contribution in [-0.4, -0.2) is 13.4 Å². The standard InChI is InChI=1S/C12H9N3O2S/c13-9-10-4-6-11(7-5-10)18(16,17)15-12-3-1-2-8-14-12/h1-8H,(H,14,15). The van der Waals surface area contributed by atoms with Crippen LogP contribution in [0.3, 0.4) is 0 Å². The topological polar surface area (TPSA) is 82.8 Å². The Labute approximate surface area is 105 Å². The van der Waals surface area contributed by atoms with Crippen LogP contribution in [-0.2, 0) is 10.0 Å². The van der Waals surface area contributed by atoms with E-state index in [1.165, 1.54) is 30.5 Å². The minimum Gasteiger partial charge on any atom is -0.263 e. The van der Waals surface area contributed by atoms with E-state index >= 15 is 0 Å². The monoisotopic (exact) mass is 259 g/mol. The zero-order chi connectivity index (χ0) is 13.0. The number of sulfonamides is 1. The maximum Gasteiger partial charge on any atom is 0.263 e. The van der Waals surface area contributed by atoms with Gasteiger partial charge < -0.3 is 0 Å². The zero-order valence-corrected chi connectivity index (χ0v) is 10.1. The third kappa shape index (κ3) is 2.64. The van der Waals surface area contributed by atoms with Crippen LogP contribution >= 0.6 is 0 Å². The lowest BCUT2D eigenvalue weighted by Crippen LogP contribution is -2.13. The molecule has 0 unspecified atom stereocenters. The molecule has 2 aromatic rings. The largest absolute Gasteiger partial charge is 0.263 e. The lowest BCUT2D eigenvalue weighted by molar-refractivity contribution is 0.601. The molecule has 0 spiro atoms. The molecule has 0 radical (unpaired) electrons. The van der Waals surface area contributed by atoms with Crippen molar-refractivity contribution in [1.82, 2.24) is 4.98 Å². The van der Waals surface area contributed by atoms with E-state index in [0.29, 0.717) is 5.56 Å². The van der Waals surface area contributed by atoms with E-state index in [1.807, 2.05) is 6.07 Å². The van der Waals surface area contributed by atoms with Gasteiger partial charge in [0, 0.05) is 6.20 Å². The number of nitriles is 1. The van der Waals surface area contributed by atoms with Crippen molar-refractivity contribution in [3.05, 3.63) is 54.2 Å². The molecule has 1 N–H and O–H groups in total. The first kappa shape index (κ1) is 12.1. The molecule has 0 saturated carbocycles. The summed E-state index contributed by atoms with van der Waals surface area (Å²) in [6.45, 7) is 0. The predicted molar refractivity (Wildman–Crippen MR) is 66.2 cm³/mol. The van der Waals surface area contributed by atoms with Gasteiger partial charge >= 0.3 is 0 Å². The van der Waals surface area contributed by atoms with E-state index in [9.17, 15) is 8.42 Å². The molecule has 1 aromatic carbocycles. The molecule has 0 amide bonds.